The molecule has 1 aromatic rings. The van der Waals surface area contributed by atoms with Crippen molar-refractivity contribution < 1.29 is 13.2 Å². The van der Waals surface area contributed by atoms with Crippen molar-refractivity contribution in [1.82, 2.24) is 13.9 Å². The second-order valence-electron chi connectivity index (χ2n) is 8.36. The Morgan fingerprint density at radius 2 is 1.72 bits per heavy atom. The third-order valence-corrected chi connectivity index (χ3v) is 7.92. The van der Waals surface area contributed by atoms with Crippen LogP contribution in [0.25, 0.3) is 0 Å². The first-order valence-corrected chi connectivity index (χ1v) is 12.0. The van der Waals surface area contributed by atoms with Gasteiger partial charge in [-0.25, -0.2) is 0 Å². The van der Waals surface area contributed by atoms with Gasteiger partial charge in [-0.2, -0.15) is 17.0 Å². The van der Waals surface area contributed by atoms with Crippen molar-refractivity contribution in [3.8, 4) is 0 Å². The number of anilines is 1. The molecule has 2 fully saturated rings. The predicted molar refractivity (Wildman–Crippen MR) is 116 cm³/mol. The van der Waals surface area contributed by atoms with Gasteiger partial charge in [-0.15, -0.1) is 0 Å². The van der Waals surface area contributed by atoms with Crippen molar-refractivity contribution in [2.45, 2.75) is 45.1 Å². The summed E-state index contributed by atoms with van der Waals surface area (Å²) in [7, 11) is -0.436. The number of carbonyl (C=O) groups excluding carboxylic acids is 1. The highest BCUT2D eigenvalue weighted by Crippen LogP contribution is 2.24. The van der Waals surface area contributed by atoms with Gasteiger partial charge in [0.25, 0.3) is 10.2 Å². The van der Waals surface area contributed by atoms with Crippen LogP contribution >= 0.6 is 0 Å². The van der Waals surface area contributed by atoms with Crippen molar-refractivity contribution in [2.75, 3.05) is 45.2 Å². The number of nitrogens with one attached hydrogen (secondary N) is 1. The van der Waals surface area contributed by atoms with Crippen LogP contribution in [0.15, 0.2) is 24.3 Å². The van der Waals surface area contributed by atoms with Gasteiger partial charge in [-0.05, 0) is 56.7 Å². The Morgan fingerprint density at radius 1 is 1.07 bits per heavy atom. The second-order valence-corrected chi connectivity index (χ2v) is 10.5. The van der Waals surface area contributed by atoms with Crippen LogP contribution in [0.5, 0.6) is 0 Å². The molecule has 1 aromatic carbocycles. The molecule has 0 saturated carbocycles. The molecule has 29 heavy (non-hydrogen) atoms. The predicted octanol–water partition coefficient (Wildman–Crippen LogP) is 2.37. The molecule has 162 valence electrons. The lowest BCUT2D eigenvalue weighted by atomic mass is 9.97. The number of hydrogen-bond donors (Lipinski definition) is 1. The van der Waals surface area contributed by atoms with E-state index in [0.29, 0.717) is 19.4 Å². The van der Waals surface area contributed by atoms with Gasteiger partial charge >= 0.3 is 0 Å². The van der Waals surface area contributed by atoms with Crippen molar-refractivity contribution in [2.24, 2.45) is 5.92 Å². The van der Waals surface area contributed by atoms with E-state index in [1.807, 2.05) is 6.92 Å². The highest BCUT2D eigenvalue weighted by atomic mass is 32.2. The highest BCUT2D eigenvalue weighted by molar-refractivity contribution is 7.86. The Labute approximate surface area is 175 Å². The van der Waals surface area contributed by atoms with Crippen LogP contribution in [0.1, 0.15) is 50.6 Å². The molecule has 2 aliphatic heterocycles. The van der Waals surface area contributed by atoms with E-state index in [-0.39, 0.29) is 24.4 Å². The monoisotopic (exact) mass is 422 g/mol. The first kappa shape index (κ1) is 22.1. The molecule has 8 heteroatoms. The van der Waals surface area contributed by atoms with Gasteiger partial charge in [-0.1, -0.05) is 12.1 Å². The molecule has 2 heterocycles. The lowest BCUT2D eigenvalue weighted by Crippen LogP contribution is -2.49. The zero-order valence-electron chi connectivity index (χ0n) is 17.8. The second kappa shape index (κ2) is 9.45. The molecule has 0 spiro atoms. The van der Waals surface area contributed by atoms with E-state index < -0.39 is 10.2 Å². The minimum Gasteiger partial charge on any atom is -0.372 e. The Morgan fingerprint density at radius 3 is 2.34 bits per heavy atom. The van der Waals surface area contributed by atoms with Gasteiger partial charge in [0.15, 0.2) is 0 Å². The molecule has 0 aliphatic carbocycles. The number of rotatable bonds is 6. The maximum Gasteiger partial charge on any atom is 0.281 e. The van der Waals surface area contributed by atoms with Crippen molar-refractivity contribution in [3.05, 3.63) is 29.8 Å². The first-order chi connectivity index (χ1) is 13.8. The molecule has 0 unspecified atom stereocenters. The summed E-state index contributed by atoms with van der Waals surface area (Å²) in [6, 6.07) is 8.32. The van der Waals surface area contributed by atoms with Crippen LogP contribution in [0.3, 0.4) is 0 Å². The molecule has 7 nitrogen and oxygen atoms in total. The molecule has 0 bridgehead atoms. The van der Waals surface area contributed by atoms with Crippen molar-refractivity contribution in [1.29, 1.82) is 0 Å². The molecule has 2 atom stereocenters. The summed E-state index contributed by atoms with van der Waals surface area (Å²) in [6.45, 7) is 4.91. The molecular formula is C21H34N4O3S. The Hall–Kier alpha value is -1.64. The summed E-state index contributed by atoms with van der Waals surface area (Å²) < 4.78 is 27.4. The van der Waals surface area contributed by atoms with Crippen molar-refractivity contribution >= 4 is 21.8 Å². The van der Waals surface area contributed by atoms with Crippen LogP contribution in [-0.2, 0) is 15.0 Å². The fourth-order valence-electron chi connectivity index (χ4n) is 4.14. The number of benzene rings is 1. The van der Waals surface area contributed by atoms with E-state index in [0.717, 1.165) is 18.7 Å². The van der Waals surface area contributed by atoms with E-state index in [9.17, 15) is 13.2 Å². The van der Waals surface area contributed by atoms with Gasteiger partial charge in [-0.3, -0.25) is 4.79 Å². The fraction of sp³-hybridized carbons (Fsp3) is 0.667. The fourth-order valence-corrected chi connectivity index (χ4v) is 5.33. The molecule has 1 amide bonds. The molecule has 0 aromatic heterocycles. The Kier molecular flexibility index (Phi) is 7.19. The van der Waals surface area contributed by atoms with Gasteiger partial charge in [0, 0.05) is 46.0 Å². The van der Waals surface area contributed by atoms with E-state index in [2.05, 4.69) is 34.5 Å². The molecule has 1 N–H and O–H groups in total. The Balaban J connectivity index is 1.58. The maximum atomic E-state index is 12.8. The maximum absolute atomic E-state index is 12.8. The molecular weight excluding hydrogens is 388 g/mol. The zero-order valence-corrected chi connectivity index (χ0v) is 18.6. The van der Waals surface area contributed by atoms with Gasteiger partial charge in [0.1, 0.15) is 0 Å². The smallest absolute Gasteiger partial charge is 0.281 e. The molecule has 3 rings (SSSR count). The summed E-state index contributed by atoms with van der Waals surface area (Å²) in [5.41, 5.74) is 2.30. The Bertz CT molecular complexity index is 789. The van der Waals surface area contributed by atoms with E-state index >= 15 is 0 Å². The third-order valence-electron chi connectivity index (χ3n) is 6.02. The number of piperidine rings is 2. The molecule has 2 aliphatic rings. The zero-order chi connectivity index (χ0) is 21.0. The number of amides is 1. The third kappa shape index (κ3) is 5.29. The van der Waals surface area contributed by atoms with Crippen LogP contribution in [0.4, 0.5) is 5.69 Å². The summed E-state index contributed by atoms with van der Waals surface area (Å²) in [4.78, 5) is 15.2. The quantitative estimate of drug-likeness (QED) is 0.764. The lowest BCUT2D eigenvalue weighted by Gasteiger charge is -2.33. The van der Waals surface area contributed by atoms with Crippen LogP contribution in [-0.4, -0.2) is 63.2 Å². The average molecular weight is 423 g/mol. The van der Waals surface area contributed by atoms with Crippen LogP contribution < -0.4 is 10.2 Å². The van der Waals surface area contributed by atoms with Gasteiger partial charge < -0.3 is 10.2 Å². The number of carbonyl (C=O) groups is 1. The van der Waals surface area contributed by atoms with Gasteiger partial charge in [0.2, 0.25) is 5.91 Å². The first-order valence-electron chi connectivity index (χ1n) is 10.6. The summed E-state index contributed by atoms with van der Waals surface area (Å²) >= 11 is 0. The van der Waals surface area contributed by atoms with E-state index in [4.69, 9.17) is 0 Å². The topological polar surface area (TPSA) is 73.0 Å². The van der Waals surface area contributed by atoms with Crippen LogP contribution in [0.2, 0.25) is 0 Å². The van der Waals surface area contributed by atoms with E-state index in [1.165, 1.54) is 47.7 Å². The summed E-state index contributed by atoms with van der Waals surface area (Å²) in [5.74, 6) is -0.384. The highest BCUT2D eigenvalue weighted by Gasteiger charge is 2.33. The lowest BCUT2D eigenvalue weighted by molar-refractivity contribution is -0.126. The number of nitrogens with zero attached hydrogens (tertiary/aromatic N) is 3. The minimum atomic E-state index is -3.48. The minimum absolute atomic E-state index is 0.0729. The molecule has 0 radical (unpaired) electrons. The van der Waals surface area contributed by atoms with E-state index in [1.54, 1.807) is 0 Å². The SMILES string of the molecule is C[C@H](NC(=O)[C@H]1CCCN(S(=O)(=O)N(C)C)C1)c1ccc(N2CCCCC2)cc1. The standard InChI is InChI=1S/C21H34N4O3S/c1-17(18-9-11-20(12-10-18)24-13-5-4-6-14-24)22-21(26)19-8-7-15-25(16-19)29(27,28)23(2)3/h9-12,17,19H,4-8,13-16H2,1-3H3,(H,22,26)/t17-,19-/m0/s1. The van der Waals surface area contributed by atoms with Crippen molar-refractivity contribution in [3.63, 3.8) is 0 Å². The largest absolute Gasteiger partial charge is 0.372 e. The average Bonchev–Trinajstić information content (AvgIpc) is 2.74. The van der Waals surface area contributed by atoms with Crippen LogP contribution in [0, 0.1) is 5.92 Å². The summed E-state index contributed by atoms with van der Waals surface area (Å²) in [5, 5.41) is 3.08. The summed E-state index contributed by atoms with van der Waals surface area (Å²) in [6.07, 6.45) is 5.22. The number of hydrogen-bond acceptors (Lipinski definition) is 4. The normalized spacial score (nSPS) is 22.5. The molecule has 2 saturated heterocycles. The van der Waals surface area contributed by atoms with Gasteiger partial charge in [0.05, 0.1) is 12.0 Å².